The quantitative estimate of drug-likeness (QED) is 0.344. The summed E-state index contributed by atoms with van der Waals surface area (Å²) >= 11 is 7.39. The molecule has 4 N–H and O–H groups in total. The molecule has 8 heteroatoms. The lowest BCUT2D eigenvalue weighted by molar-refractivity contribution is -0.137. The van der Waals surface area contributed by atoms with Crippen LogP contribution in [0.5, 0.6) is 5.75 Å². The zero-order valence-electron chi connectivity index (χ0n) is 16.5. The van der Waals surface area contributed by atoms with Crippen molar-refractivity contribution in [2.75, 3.05) is 12.4 Å². The molecule has 6 nitrogen and oxygen atoms in total. The number of aliphatic carboxylic acids is 1. The van der Waals surface area contributed by atoms with Crippen LogP contribution in [0.4, 0.5) is 0 Å². The summed E-state index contributed by atoms with van der Waals surface area (Å²) in [5.41, 5.74) is 0. The molecule has 164 valence electrons. The molecule has 5 atom stereocenters. The average molecular weight is 447 g/mol. The molecule has 1 aliphatic carbocycles. The number of carboxylic acids is 1. The minimum Gasteiger partial charge on any atom is -0.491 e. The van der Waals surface area contributed by atoms with Crippen molar-refractivity contribution in [1.29, 1.82) is 0 Å². The molecule has 1 aromatic rings. The van der Waals surface area contributed by atoms with Gasteiger partial charge in [0.25, 0.3) is 0 Å². The van der Waals surface area contributed by atoms with Gasteiger partial charge in [0.1, 0.15) is 12.4 Å². The molecule has 5 unspecified atom stereocenters. The maximum absolute atomic E-state index is 10.5. The molecule has 1 aromatic carbocycles. The highest BCUT2D eigenvalue weighted by Gasteiger charge is 2.41. The summed E-state index contributed by atoms with van der Waals surface area (Å²) in [5.74, 6) is 0.215. The molecule has 0 aliphatic heterocycles. The Labute approximate surface area is 181 Å². The van der Waals surface area contributed by atoms with Crippen molar-refractivity contribution < 1.29 is 30.0 Å². The van der Waals surface area contributed by atoms with Gasteiger partial charge in [0.2, 0.25) is 0 Å². The number of aliphatic hydroxyl groups excluding tert-OH is 3. The smallest absolute Gasteiger partial charge is 0.303 e. The van der Waals surface area contributed by atoms with Crippen molar-refractivity contribution in [3.8, 4) is 5.75 Å². The first kappa shape index (κ1) is 24.3. The van der Waals surface area contributed by atoms with E-state index in [2.05, 4.69) is 0 Å². The van der Waals surface area contributed by atoms with Crippen LogP contribution < -0.4 is 4.74 Å². The molecule has 0 bridgehead atoms. The molecule has 0 saturated heterocycles. The minimum absolute atomic E-state index is 0.0180. The van der Waals surface area contributed by atoms with E-state index < -0.39 is 24.3 Å². The Hall–Kier alpha value is -0.990. The van der Waals surface area contributed by atoms with Crippen LogP contribution in [0.15, 0.2) is 24.3 Å². The lowest BCUT2D eigenvalue weighted by Crippen LogP contribution is -2.28. The highest BCUT2D eigenvalue weighted by molar-refractivity contribution is 8.00. The zero-order chi connectivity index (χ0) is 21.2. The largest absolute Gasteiger partial charge is 0.491 e. The summed E-state index contributed by atoms with van der Waals surface area (Å²) in [4.78, 5) is 10.5. The molecule has 0 spiro atoms. The Morgan fingerprint density at radius 3 is 2.69 bits per heavy atom. The van der Waals surface area contributed by atoms with Crippen LogP contribution >= 0.6 is 23.4 Å². The van der Waals surface area contributed by atoms with Crippen LogP contribution in [0, 0.1) is 5.92 Å². The third kappa shape index (κ3) is 8.72. The van der Waals surface area contributed by atoms with Crippen molar-refractivity contribution in [3.05, 3.63) is 29.3 Å². The van der Waals surface area contributed by atoms with Crippen molar-refractivity contribution in [1.82, 2.24) is 0 Å². The monoisotopic (exact) mass is 446 g/mol. The summed E-state index contributed by atoms with van der Waals surface area (Å²) in [5, 5.41) is 39.9. The van der Waals surface area contributed by atoms with E-state index >= 15 is 0 Å². The van der Waals surface area contributed by atoms with Gasteiger partial charge in [-0.05, 0) is 37.0 Å². The first-order valence-electron chi connectivity index (χ1n) is 10.1. The summed E-state index contributed by atoms with van der Waals surface area (Å²) in [6, 6.07) is 6.99. The standard InChI is InChI=1S/C21H31ClO6S/c22-14-6-5-7-16(10-14)28-12-15(23)13-29-21-17(18(24)11-19(21)25)8-3-1-2-4-9-20(26)27/h5-7,10,15,17-19,21,23-25H,1-4,8-9,11-13H2,(H,26,27). The maximum atomic E-state index is 10.5. The van der Waals surface area contributed by atoms with Crippen molar-refractivity contribution in [2.24, 2.45) is 5.92 Å². The topological polar surface area (TPSA) is 107 Å². The predicted molar refractivity (Wildman–Crippen MR) is 115 cm³/mol. The van der Waals surface area contributed by atoms with Crippen LogP contribution in [-0.4, -0.2) is 62.3 Å². The number of hydrogen-bond acceptors (Lipinski definition) is 6. The number of carboxylic acid groups (broad SMARTS) is 1. The van der Waals surface area contributed by atoms with Gasteiger partial charge >= 0.3 is 5.97 Å². The Morgan fingerprint density at radius 2 is 1.97 bits per heavy atom. The van der Waals surface area contributed by atoms with Crippen LogP contribution in [0.3, 0.4) is 0 Å². The van der Waals surface area contributed by atoms with Crippen molar-refractivity contribution >= 4 is 29.3 Å². The molecule has 0 amide bonds. The van der Waals surface area contributed by atoms with E-state index in [4.69, 9.17) is 21.4 Å². The number of rotatable bonds is 13. The molecule has 0 radical (unpaired) electrons. The number of thioether (sulfide) groups is 1. The zero-order valence-corrected chi connectivity index (χ0v) is 18.0. The second kappa shape index (κ2) is 12.6. The van der Waals surface area contributed by atoms with E-state index in [-0.39, 0.29) is 24.2 Å². The summed E-state index contributed by atoms with van der Waals surface area (Å²) in [7, 11) is 0. The number of aliphatic hydroxyl groups is 3. The fourth-order valence-corrected chi connectivity index (χ4v) is 5.30. The molecular formula is C21H31ClO6S. The van der Waals surface area contributed by atoms with E-state index in [9.17, 15) is 20.1 Å². The molecule has 0 aromatic heterocycles. The lowest BCUT2D eigenvalue weighted by atomic mass is 9.97. The van der Waals surface area contributed by atoms with Crippen molar-refractivity contribution in [3.63, 3.8) is 0 Å². The Kier molecular flexibility index (Phi) is 10.6. The van der Waals surface area contributed by atoms with Crippen LogP contribution in [0.2, 0.25) is 5.02 Å². The number of halogens is 1. The summed E-state index contributed by atoms with van der Waals surface area (Å²) in [6.07, 6.45) is 2.85. The SMILES string of the molecule is O=C(O)CCCCCCC1C(O)CC(O)C1SCC(O)COc1cccc(Cl)c1. The van der Waals surface area contributed by atoms with Gasteiger partial charge in [-0.3, -0.25) is 4.79 Å². The number of benzene rings is 1. The maximum Gasteiger partial charge on any atom is 0.303 e. The Morgan fingerprint density at radius 1 is 1.21 bits per heavy atom. The second-order valence-corrected chi connectivity index (χ2v) is 9.25. The molecule has 2 rings (SSSR count). The van der Waals surface area contributed by atoms with E-state index in [0.29, 0.717) is 29.4 Å². The number of unbranched alkanes of at least 4 members (excludes halogenated alkanes) is 3. The van der Waals surface area contributed by atoms with Crippen LogP contribution in [0.1, 0.15) is 44.9 Å². The first-order chi connectivity index (χ1) is 13.9. The highest BCUT2D eigenvalue weighted by atomic mass is 35.5. The van der Waals surface area contributed by atoms with E-state index in [0.717, 1.165) is 25.7 Å². The predicted octanol–water partition coefficient (Wildman–Crippen LogP) is 3.35. The molecule has 1 saturated carbocycles. The van der Waals surface area contributed by atoms with Gasteiger partial charge in [0, 0.05) is 28.9 Å². The van der Waals surface area contributed by atoms with Gasteiger partial charge in [-0.25, -0.2) is 0 Å². The normalized spacial score (nSPS) is 25.1. The third-order valence-corrected chi connectivity index (χ3v) is 7.04. The van der Waals surface area contributed by atoms with Gasteiger partial charge in [-0.1, -0.05) is 36.9 Å². The Bertz CT molecular complexity index is 631. The molecule has 0 heterocycles. The lowest BCUT2D eigenvalue weighted by Gasteiger charge is -2.24. The van der Waals surface area contributed by atoms with Gasteiger partial charge in [-0.2, -0.15) is 11.8 Å². The molecule has 29 heavy (non-hydrogen) atoms. The van der Waals surface area contributed by atoms with E-state index in [1.165, 1.54) is 11.8 Å². The van der Waals surface area contributed by atoms with E-state index in [1.807, 2.05) is 0 Å². The fourth-order valence-electron chi connectivity index (χ4n) is 3.68. The first-order valence-corrected chi connectivity index (χ1v) is 11.6. The summed E-state index contributed by atoms with van der Waals surface area (Å²) in [6.45, 7) is 0.132. The van der Waals surface area contributed by atoms with Crippen molar-refractivity contribution in [2.45, 2.75) is 68.5 Å². The fraction of sp³-hybridized carbons (Fsp3) is 0.667. The second-order valence-electron chi connectivity index (χ2n) is 7.60. The average Bonchev–Trinajstić information content (AvgIpc) is 2.93. The minimum atomic E-state index is -0.770. The molecule has 1 aliphatic rings. The number of carbonyl (C=O) groups is 1. The van der Waals surface area contributed by atoms with Crippen LogP contribution in [-0.2, 0) is 4.79 Å². The third-order valence-electron chi connectivity index (χ3n) is 5.18. The Balaban J connectivity index is 1.71. The molecular weight excluding hydrogens is 416 g/mol. The molecule has 1 fully saturated rings. The van der Waals surface area contributed by atoms with Gasteiger partial charge in [-0.15, -0.1) is 0 Å². The summed E-state index contributed by atoms with van der Waals surface area (Å²) < 4.78 is 5.56. The van der Waals surface area contributed by atoms with E-state index in [1.54, 1.807) is 24.3 Å². The number of hydrogen-bond donors (Lipinski definition) is 4. The number of ether oxygens (including phenoxy) is 1. The van der Waals surface area contributed by atoms with Gasteiger partial charge < -0.3 is 25.2 Å². The van der Waals surface area contributed by atoms with Gasteiger partial charge in [0.05, 0.1) is 18.3 Å². The van der Waals surface area contributed by atoms with Gasteiger partial charge in [0.15, 0.2) is 0 Å². The highest BCUT2D eigenvalue weighted by Crippen LogP contribution is 2.39. The van der Waals surface area contributed by atoms with Crippen LogP contribution in [0.25, 0.3) is 0 Å².